The third-order valence-electron chi connectivity index (χ3n) is 4.37. The number of nitrogens with zero attached hydrogens (tertiary/aromatic N) is 2. The predicted molar refractivity (Wildman–Crippen MR) is 78.9 cm³/mol. The van der Waals surface area contributed by atoms with E-state index < -0.39 is 0 Å². The van der Waals surface area contributed by atoms with Gasteiger partial charge in [0.15, 0.2) is 5.60 Å². The topological polar surface area (TPSA) is 55.6 Å². The van der Waals surface area contributed by atoms with Crippen molar-refractivity contribution in [2.24, 2.45) is 0 Å². The average Bonchev–Trinajstić information content (AvgIpc) is 3.08. The van der Waals surface area contributed by atoms with Crippen LogP contribution in [0.3, 0.4) is 0 Å². The van der Waals surface area contributed by atoms with Gasteiger partial charge in [0, 0.05) is 34.7 Å². The van der Waals surface area contributed by atoms with E-state index in [1.165, 1.54) is 5.57 Å². The first-order valence-electron chi connectivity index (χ1n) is 6.84. The summed E-state index contributed by atoms with van der Waals surface area (Å²) >= 11 is 0. The van der Waals surface area contributed by atoms with Gasteiger partial charge in [-0.1, -0.05) is 6.07 Å². The molecule has 3 heterocycles. The van der Waals surface area contributed by atoms with Crippen LogP contribution in [-0.4, -0.2) is 17.1 Å². The molecule has 1 aromatic carbocycles. The summed E-state index contributed by atoms with van der Waals surface area (Å²) in [5.41, 5.74) is 3.64. The van der Waals surface area contributed by atoms with Crippen molar-refractivity contribution < 1.29 is 9.66 Å². The number of anilines is 1. The van der Waals surface area contributed by atoms with Crippen LogP contribution < -0.4 is 4.90 Å². The largest absolute Gasteiger partial charge is 0.478 e. The first-order chi connectivity index (χ1) is 9.98. The summed E-state index contributed by atoms with van der Waals surface area (Å²) in [6.07, 6.45) is 6.10. The van der Waals surface area contributed by atoms with Crippen molar-refractivity contribution in [1.82, 2.24) is 0 Å². The standard InChI is InChI=1S/C16H14N2O3/c1-10-3-4-11(7-14(10)18(19)20)17-8-12-13(9-17)16(2)6-5-15(12)21-16/h3-7,9H,8H2,1-2H3. The van der Waals surface area contributed by atoms with Gasteiger partial charge in [-0.3, -0.25) is 10.1 Å². The lowest BCUT2D eigenvalue weighted by Gasteiger charge is -2.19. The highest BCUT2D eigenvalue weighted by Crippen LogP contribution is 2.49. The fraction of sp³-hybridized carbons (Fsp3) is 0.250. The van der Waals surface area contributed by atoms with E-state index >= 15 is 0 Å². The van der Waals surface area contributed by atoms with E-state index in [0.29, 0.717) is 12.1 Å². The van der Waals surface area contributed by atoms with Gasteiger partial charge in [0.25, 0.3) is 5.69 Å². The van der Waals surface area contributed by atoms with E-state index in [9.17, 15) is 10.1 Å². The molecule has 1 aromatic rings. The van der Waals surface area contributed by atoms with Crippen molar-refractivity contribution in [1.29, 1.82) is 0 Å². The third-order valence-corrected chi connectivity index (χ3v) is 4.37. The van der Waals surface area contributed by atoms with Crippen LogP contribution in [0.1, 0.15) is 12.5 Å². The molecule has 3 aliphatic rings. The summed E-state index contributed by atoms with van der Waals surface area (Å²) in [6, 6.07) is 5.35. The molecule has 0 aromatic heterocycles. The smallest absolute Gasteiger partial charge is 0.274 e. The Labute approximate surface area is 122 Å². The second-order valence-electron chi connectivity index (χ2n) is 5.78. The van der Waals surface area contributed by atoms with E-state index in [2.05, 4.69) is 6.08 Å². The van der Waals surface area contributed by atoms with Gasteiger partial charge in [0.1, 0.15) is 5.76 Å². The Morgan fingerprint density at radius 1 is 1.43 bits per heavy atom. The number of nitro groups is 1. The monoisotopic (exact) mass is 282 g/mol. The fourth-order valence-corrected chi connectivity index (χ4v) is 3.15. The van der Waals surface area contributed by atoms with Crippen molar-refractivity contribution in [3.8, 4) is 0 Å². The Balaban J connectivity index is 1.74. The van der Waals surface area contributed by atoms with Crippen LogP contribution in [0.5, 0.6) is 0 Å². The average molecular weight is 282 g/mol. The molecule has 5 nitrogen and oxygen atoms in total. The van der Waals surface area contributed by atoms with Gasteiger partial charge >= 0.3 is 0 Å². The van der Waals surface area contributed by atoms with Gasteiger partial charge in [-0.15, -0.1) is 0 Å². The number of fused-ring (bicyclic) bond motifs is 4. The molecular weight excluding hydrogens is 268 g/mol. The van der Waals surface area contributed by atoms with Crippen molar-refractivity contribution in [2.75, 3.05) is 11.4 Å². The molecule has 1 unspecified atom stereocenters. The van der Waals surface area contributed by atoms with Crippen LogP contribution in [0.25, 0.3) is 0 Å². The Bertz CT molecular complexity index is 776. The van der Waals surface area contributed by atoms with Gasteiger partial charge in [-0.05, 0) is 32.1 Å². The van der Waals surface area contributed by atoms with E-state index in [0.717, 1.165) is 17.0 Å². The maximum Gasteiger partial charge on any atom is 0.274 e. The van der Waals surface area contributed by atoms with Crippen LogP contribution in [0.2, 0.25) is 0 Å². The Hall–Kier alpha value is -2.56. The Kier molecular flexibility index (Phi) is 2.18. The molecule has 0 amide bonds. The molecule has 0 N–H and O–H groups in total. The van der Waals surface area contributed by atoms with E-state index in [1.807, 2.05) is 30.2 Å². The first kappa shape index (κ1) is 12.2. The summed E-state index contributed by atoms with van der Waals surface area (Å²) in [7, 11) is 0. The van der Waals surface area contributed by atoms with Crippen molar-refractivity contribution >= 4 is 11.4 Å². The number of rotatable bonds is 2. The number of hydrogen-bond donors (Lipinski definition) is 0. The highest BCUT2D eigenvalue weighted by molar-refractivity contribution is 5.68. The number of hydrogen-bond acceptors (Lipinski definition) is 4. The molecule has 0 saturated heterocycles. The molecule has 106 valence electrons. The van der Waals surface area contributed by atoms with Crippen LogP contribution >= 0.6 is 0 Å². The van der Waals surface area contributed by atoms with Crippen molar-refractivity contribution in [3.63, 3.8) is 0 Å². The first-order valence-corrected chi connectivity index (χ1v) is 6.84. The zero-order chi connectivity index (χ0) is 14.8. The number of benzene rings is 1. The van der Waals surface area contributed by atoms with Gasteiger partial charge in [0.2, 0.25) is 0 Å². The fourth-order valence-electron chi connectivity index (χ4n) is 3.15. The molecule has 3 aliphatic heterocycles. The van der Waals surface area contributed by atoms with Crippen molar-refractivity contribution in [3.05, 3.63) is 69.1 Å². The zero-order valence-corrected chi connectivity index (χ0v) is 11.8. The highest BCUT2D eigenvalue weighted by Gasteiger charge is 2.46. The number of aryl methyl sites for hydroxylation is 1. The molecule has 0 aliphatic carbocycles. The highest BCUT2D eigenvalue weighted by atomic mass is 16.6. The lowest BCUT2D eigenvalue weighted by molar-refractivity contribution is -0.385. The summed E-state index contributed by atoms with van der Waals surface area (Å²) in [5.74, 6) is 0.924. The molecule has 5 heteroatoms. The Morgan fingerprint density at radius 2 is 2.24 bits per heavy atom. The van der Waals surface area contributed by atoms with Crippen LogP contribution in [0.4, 0.5) is 11.4 Å². The van der Waals surface area contributed by atoms with Gasteiger partial charge in [-0.25, -0.2) is 0 Å². The molecule has 0 fully saturated rings. The minimum absolute atomic E-state index is 0.157. The second-order valence-corrected chi connectivity index (χ2v) is 5.78. The van der Waals surface area contributed by atoms with Crippen molar-refractivity contribution in [2.45, 2.75) is 19.4 Å². The third kappa shape index (κ3) is 1.57. The minimum Gasteiger partial charge on any atom is -0.478 e. The summed E-state index contributed by atoms with van der Waals surface area (Å²) in [6.45, 7) is 4.49. The van der Waals surface area contributed by atoms with E-state index in [1.54, 1.807) is 19.1 Å². The van der Waals surface area contributed by atoms with Crippen LogP contribution in [-0.2, 0) is 4.74 Å². The number of nitro benzene ring substituents is 1. The van der Waals surface area contributed by atoms with Gasteiger partial charge in [0.05, 0.1) is 11.5 Å². The molecule has 0 radical (unpaired) electrons. The molecule has 0 spiro atoms. The van der Waals surface area contributed by atoms with Gasteiger partial charge in [-0.2, -0.15) is 0 Å². The van der Waals surface area contributed by atoms with E-state index in [4.69, 9.17) is 4.74 Å². The zero-order valence-electron chi connectivity index (χ0n) is 11.8. The predicted octanol–water partition coefficient (Wildman–Crippen LogP) is 3.22. The molecule has 2 bridgehead atoms. The molecule has 21 heavy (non-hydrogen) atoms. The van der Waals surface area contributed by atoms with Gasteiger partial charge < -0.3 is 9.64 Å². The lowest BCUT2D eigenvalue weighted by atomic mass is 9.91. The lowest BCUT2D eigenvalue weighted by Crippen LogP contribution is -2.20. The molecule has 1 atom stereocenters. The normalized spacial score (nSPS) is 25.2. The quantitative estimate of drug-likeness (QED) is 0.617. The van der Waals surface area contributed by atoms with Crippen LogP contribution in [0.15, 0.2) is 53.5 Å². The molecule has 4 rings (SSSR count). The SMILES string of the molecule is Cc1ccc(N2C=C3C(=C4C=CC3(C)O4)C2)cc1[N+](=O)[O-]. The summed E-state index contributed by atoms with van der Waals surface area (Å²) in [4.78, 5) is 12.8. The molecule has 0 saturated carbocycles. The minimum atomic E-state index is -0.365. The summed E-state index contributed by atoms with van der Waals surface area (Å²) in [5, 5.41) is 11.1. The maximum atomic E-state index is 11.1. The second kappa shape index (κ2) is 3.75. The maximum absolute atomic E-state index is 11.1. The summed E-state index contributed by atoms with van der Waals surface area (Å²) < 4.78 is 5.86. The van der Waals surface area contributed by atoms with E-state index in [-0.39, 0.29) is 16.2 Å². The van der Waals surface area contributed by atoms with Crippen LogP contribution in [0, 0.1) is 17.0 Å². The molecular formula is C16H14N2O3. The number of allylic oxidation sites excluding steroid dienone is 1. The Morgan fingerprint density at radius 3 is 2.95 bits per heavy atom. The number of ether oxygens (including phenoxy) is 1.